The van der Waals surface area contributed by atoms with Crippen LogP contribution in [-0.4, -0.2) is 34.8 Å². The zero-order valence-corrected chi connectivity index (χ0v) is 11.1. The maximum Gasteiger partial charge on any atom is 0.325 e. The lowest BCUT2D eigenvalue weighted by Crippen LogP contribution is -2.28. The summed E-state index contributed by atoms with van der Waals surface area (Å²) in [5.41, 5.74) is 0.303. The summed E-state index contributed by atoms with van der Waals surface area (Å²) in [5.74, 6) is 0.281. The molecule has 18 heavy (non-hydrogen) atoms. The van der Waals surface area contributed by atoms with Crippen LogP contribution in [0.25, 0.3) is 0 Å². The molecule has 1 aromatic rings. The number of hydrogen-bond donors (Lipinski definition) is 2. The fourth-order valence-electron chi connectivity index (χ4n) is 1.37. The van der Waals surface area contributed by atoms with Crippen molar-refractivity contribution in [2.75, 3.05) is 18.5 Å². The van der Waals surface area contributed by atoms with Crippen molar-refractivity contribution in [2.45, 2.75) is 32.8 Å². The number of esters is 1. The first-order valence-corrected chi connectivity index (χ1v) is 5.93. The minimum Gasteiger partial charge on any atom is -0.459 e. The van der Waals surface area contributed by atoms with Crippen LogP contribution in [0.5, 0.6) is 0 Å². The van der Waals surface area contributed by atoms with E-state index in [0.29, 0.717) is 12.2 Å². The highest BCUT2D eigenvalue weighted by Crippen LogP contribution is 2.08. The summed E-state index contributed by atoms with van der Waals surface area (Å²) >= 11 is 0. The molecule has 0 bridgehead atoms. The van der Waals surface area contributed by atoms with Crippen LogP contribution in [0.4, 0.5) is 5.82 Å². The van der Waals surface area contributed by atoms with Crippen LogP contribution in [0.3, 0.4) is 0 Å². The van der Waals surface area contributed by atoms with E-state index in [2.05, 4.69) is 10.3 Å². The molecule has 0 fully saturated rings. The van der Waals surface area contributed by atoms with Crippen molar-refractivity contribution < 1.29 is 14.6 Å². The van der Waals surface area contributed by atoms with Gasteiger partial charge in [-0.3, -0.25) is 4.79 Å². The van der Waals surface area contributed by atoms with E-state index in [9.17, 15) is 4.79 Å². The zero-order chi connectivity index (χ0) is 13.6. The molecule has 0 aromatic carbocycles. The van der Waals surface area contributed by atoms with Gasteiger partial charge < -0.3 is 15.2 Å². The smallest absolute Gasteiger partial charge is 0.325 e. The number of nitrogens with one attached hydrogen (secondary N) is 1. The summed E-state index contributed by atoms with van der Waals surface area (Å²) in [6, 6.07) is 5.43. The molecule has 0 aliphatic rings. The molecular weight excluding hydrogens is 232 g/mol. The van der Waals surface area contributed by atoms with Gasteiger partial charge in [0.15, 0.2) is 0 Å². The SMILES string of the molecule is CC(C)(C)OC(=O)CNc1cccc(CCO)n1. The number of aromatic nitrogens is 1. The number of carbonyl (C=O) groups is 1. The van der Waals surface area contributed by atoms with E-state index in [0.717, 1.165) is 5.69 Å². The van der Waals surface area contributed by atoms with Gasteiger partial charge in [0.2, 0.25) is 0 Å². The number of ether oxygens (including phenoxy) is 1. The standard InChI is InChI=1S/C13H20N2O3/c1-13(2,3)18-12(17)9-14-11-6-4-5-10(15-11)7-8-16/h4-6,16H,7-9H2,1-3H3,(H,14,15). The van der Waals surface area contributed by atoms with Gasteiger partial charge >= 0.3 is 5.97 Å². The third-order valence-corrected chi connectivity index (χ3v) is 2.01. The maximum absolute atomic E-state index is 11.5. The number of carbonyl (C=O) groups excluding carboxylic acids is 1. The Morgan fingerprint density at radius 1 is 1.44 bits per heavy atom. The molecule has 100 valence electrons. The molecule has 0 unspecified atom stereocenters. The van der Waals surface area contributed by atoms with Crippen molar-refractivity contribution in [3.05, 3.63) is 23.9 Å². The molecule has 0 radical (unpaired) electrons. The van der Waals surface area contributed by atoms with Crippen molar-refractivity contribution in [1.29, 1.82) is 0 Å². The van der Waals surface area contributed by atoms with Gasteiger partial charge in [-0.25, -0.2) is 4.98 Å². The van der Waals surface area contributed by atoms with Gasteiger partial charge in [-0.15, -0.1) is 0 Å². The zero-order valence-electron chi connectivity index (χ0n) is 11.1. The summed E-state index contributed by atoms with van der Waals surface area (Å²) < 4.78 is 5.17. The molecule has 0 spiro atoms. The highest BCUT2D eigenvalue weighted by Gasteiger charge is 2.15. The lowest BCUT2D eigenvalue weighted by molar-refractivity contribution is -0.152. The summed E-state index contributed by atoms with van der Waals surface area (Å²) in [5, 5.41) is 11.7. The fourth-order valence-corrected chi connectivity index (χ4v) is 1.37. The summed E-state index contributed by atoms with van der Waals surface area (Å²) in [7, 11) is 0. The van der Waals surface area contributed by atoms with E-state index >= 15 is 0 Å². The average Bonchev–Trinajstić information content (AvgIpc) is 2.25. The summed E-state index contributed by atoms with van der Waals surface area (Å²) in [6.07, 6.45) is 0.502. The van der Waals surface area contributed by atoms with E-state index in [1.165, 1.54) is 0 Å². The van der Waals surface area contributed by atoms with Crippen molar-refractivity contribution in [1.82, 2.24) is 4.98 Å². The van der Waals surface area contributed by atoms with Gasteiger partial charge in [0.25, 0.3) is 0 Å². The number of hydrogen-bond acceptors (Lipinski definition) is 5. The van der Waals surface area contributed by atoms with E-state index in [-0.39, 0.29) is 19.1 Å². The molecule has 0 amide bonds. The van der Waals surface area contributed by atoms with Crippen LogP contribution in [-0.2, 0) is 16.0 Å². The fraction of sp³-hybridized carbons (Fsp3) is 0.538. The Balaban J connectivity index is 2.48. The van der Waals surface area contributed by atoms with Gasteiger partial charge in [-0.2, -0.15) is 0 Å². The second-order valence-corrected chi connectivity index (χ2v) is 4.93. The first kappa shape index (κ1) is 14.4. The van der Waals surface area contributed by atoms with Crippen molar-refractivity contribution in [3.8, 4) is 0 Å². The Bertz CT molecular complexity index is 399. The van der Waals surface area contributed by atoms with Crippen molar-refractivity contribution >= 4 is 11.8 Å². The first-order chi connectivity index (χ1) is 8.40. The van der Waals surface area contributed by atoms with Gasteiger partial charge in [-0.05, 0) is 32.9 Å². The Hall–Kier alpha value is -1.62. The number of pyridine rings is 1. The molecule has 0 saturated heterocycles. The predicted octanol–water partition coefficient (Wildman–Crippen LogP) is 1.37. The monoisotopic (exact) mass is 252 g/mol. The molecule has 5 nitrogen and oxygen atoms in total. The third-order valence-electron chi connectivity index (χ3n) is 2.01. The van der Waals surface area contributed by atoms with Gasteiger partial charge in [0.05, 0.1) is 0 Å². The Morgan fingerprint density at radius 2 is 2.17 bits per heavy atom. The first-order valence-electron chi connectivity index (χ1n) is 5.93. The minimum absolute atomic E-state index is 0.0581. The molecular formula is C13H20N2O3. The summed E-state index contributed by atoms with van der Waals surface area (Å²) in [4.78, 5) is 15.7. The largest absolute Gasteiger partial charge is 0.459 e. The lowest BCUT2D eigenvalue weighted by atomic mass is 10.2. The topological polar surface area (TPSA) is 71.5 Å². The molecule has 0 saturated carbocycles. The number of aliphatic hydroxyl groups is 1. The molecule has 1 rings (SSSR count). The quantitative estimate of drug-likeness (QED) is 0.774. The number of rotatable bonds is 5. The maximum atomic E-state index is 11.5. The number of aliphatic hydroxyl groups excluding tert-OH is 1. The van der Waals surface area contributed by atoms with E-state index in [1.54, 1.807) is 6.07 Å². The lowest BCUT2D eigenvalue weighted by Gasteiger charge is -2.19. The molecule has 0 atom stereocenters. The number of nitrogens with zero attached hydrogens (tertiary/aromatic N) is 1. The van der Waals surface area contributed by atoms with Crippen molar-refractivity contribution in [2.24, 2.45) is 0 Å². The normalized spacial score (nSPS) is 11.1. The van der Waals surface area contributed by atoms with Crippen LogP contribution < -0.4 is 5.32 Å². The highest BCUT2D eigenvalue weighted by atomic mass is 16.6. The molecule has 5 heteroatoms. The van der Waals surface area contributed by atoms with E-state index in [1.807, 2.05) is 32.9 Å². The second-order valence-electron chi connectivity index (χ2n) is 4.93. The second kappa shape index (κ2) is 6.35. The van der Waals surface area contributed by atoms with E-state index in [4.69, 9.17) is 9.84 Å². The van der Waals surface area contributed by atoms with Gasteiger partial charge in [-0.1, -0.05) is 6.07 Å². The molecule has 1 heterocycles. The molecule has 2 N–H and O–H groups in total. The predicted molar refractivity (Wildman–Crippen MR) is 69.4 cm³/mol. The van der Waals surface area contributed by atoms with Crippen LogP contribution in [0.1, 0.15) is 26.5 Å². The van der Waals surface area contributed by atoms with Crippen LogP contribution >= 0.6 is 0 Å². The molecule has 1 aromatic heterocycles. The van der Waals surface area contributed by atoms with Crippen LogP contribution in [0.15, 0.2) is 18.2 Å². The Morgan fingerprint density at radius 3 is 2.78 bits per heavy atom. The molecule has 0 aliphatic carbocycles. The Kier molecular flexibility index (Phi) is 5.09. The summed E-state index contributed by atoms with van der Waals surface area (Å²) in [6.45, 7) is 5.61. The average molecular weight is 252 g/mol. The number of anilines is 1. The minimum atomic E-state index is -0.481. The van der Waals surface area contributed by atoms with Gasteiger partial charge in [0.1, 0.15) is 18.0 Å². The highest BCUT2D eigenvalue weighted by molar-refractivity contribution is 5.74. The third kappa shape index (κ3) is 5.63. The van der Waals surface area contributed by atoms with Crippen LogP contribution in [0.2, 0.25) is 0 Å². The Labute approximate surface area is 107 Å². The van der Waals surface area contributed by atoms with Crippen molar-refractivity contribution in [3.63, 3.8) is 0 Å². The van der Waals surface area contributed by atoms with Gasteiger partial charge in [0, 0.05) is 18.7 Å². The molecule has 0 aliphatic heterocycles. The van der Waals surface area contributed by atoms with E-state index < -0.39 is 5.60 Å². The van der Waals surface area contributed by atoms with Crippen LogP contribution in [0, 0.1) is 0 Å².